The predicted octanol–water partition coefficient (Wildman–Crippen LogP) is -0.0287. The summed E-state index contributed by atoms with van der Waals surface area (Å²) in [5, 5.41) is 52.9. The summed E-state index contributed by atoms with van der Waals surface area (Å²) in [6, 6.07) is 5.05. The third-order valence-electron chi connectivity index (χ3n) is 7.47. The van der Waals surface area contributed by atoms with E-state index in [2.05, 4.69) is 10.3 Å². The van der Waals surface area contributed by atoms with Crippen molar-refractivity contribution in [2.75, 3.05) is 20.3 Å². The zero-order chi connectivity index (χ0) is 29.8. The number of methoxy groups -OCH3 is 1. The van der Waals surface area contributed by atoms with E-state index in [0.29, 0.717) is 5.56 Å². The number of H-pyrrole nitrogens is 1. The first-order chi connectivity index (χ1) is 19.6. The fourth-order valence-corrected chi connectivity index (χ4v) is 5.22. The topological polar surface area (TPSA) is 219 Å². The van der Waals surface area contributed by atoms with Crippen LogP contribution in [0.2, 0.25) is 0 Å². The second-order valence-corrected chi connectivity index (χ2v) is 10.1. The average Bonchev–Trinajstić information content (AvgIpc) is 3.36. The molecule has 0 saturated heterocycles. The fourth-order valence-electron chi connectivity index (χ4n) is 5.22. The number of amides is 2. The van der Waals surface area contributed by atoms with Crippen molar-refractivity contribution < 1.29 is 44.7 Å². The number of para-hydroxylation sites is 1. The van der Waals surface area contributed by atoms with Crippen LogP contribution >= 0.6 is 0 Å². The minimum absolute atomic E-state index is 0.137. The smallest absolute Gasteiger partial charge is 0.326 e. The molecular formula is C28H34N4O9. The molecule has 3 aromatic rings. The standard InChI is InChI=1S/C28H34N4O9/c1-41-25-23(35)9-15-8-22(26(37)31-21(28(39)40)6-14(12-33)13-34)32(11-18(15)24(25)36)27(38)19(29)7-16-10-30-20-5-3-2-4-17(16)20/h2-5,9-10,14,19,21-22,30,33-36H,6-8,11-13,29H2,1H3,(H,31,37)(H,39,40)/t19-,21+,22+/m1/s1. The van der Waals surface area contributed by atoms with Crippen molar-refractivity contribution in [1.29, 1.82) is 0 Å². The minimum atomic E-state index is -1.46. The van der Waals surface area contributed by atoms with Crippen LogP contribution in [0.4, 0.5) is 0 Å². The van der Waals surface area contributed by atoms with Crippen molar-refractivity contribution in [3.8, 4) is 17.2 Å². The molecule has 0 fully saturated rings. The zero-order valence-corrected chi connectivity index (χ0v) is 22.4. The van der Waals surface area contributed by atoms with E-state index < -0.39 is 55.0 Å². The molecule has 0 unspecified atom stereocenters. The van der Waals surface area contributed by atoms with Gasteiger partial charge >= 0.3 is 5.97 Å². The minimum Gasteiger partial charge on any atom is -0.504 e. The lowest BCUT2D eigenvalue weighted by Gasteiger charge is -2.38. The van der Waals surface area contributed by atoms with Crippen molar-refractivity contribution in [3.05, 3.63) is 53.2 Å². The number of carboxylic acids is 1. The molecule has 1 aliphatic heterocycles. The number of hydrogen-bond donors (Lipinski definition) is 8. The maximum absolute atomic E-state index is 13.8. The third kappa shape index (κ3) is 6.06. The molecule has 4 rings (SSSR count). The van der Waals surface area contributed by atoms with E-state index in [1.165, 1.54) is 18.1 Å². The van der Waals surface area contributed by atoms with E-state index in [0.717, 1.165) is 16.5 Å². The number of nitrogens with zero attached hydrogens (tertiary/aromatic N) is 1. The van der Waals surface area contributed by atoms with Crippen LogP contribution in [0.3, 0.4) is 0 Å². The van der Waals surface area contributed by atoms with Gasteiger partial charge in [-0.15, -0.1) is 0 Å². The van der Waals surface area contributed by atoms with Crippen molar-refractivity contribution in [2.24, 2.45) is 11.7 Å². The highest BCUT2D eigenvalue weighted by Gasteiger charge is 2.40. The Morgan fingerprint density at radius 3 is 2.56 bits per heavy atom. The molecule has 1 aliphatic rings. The van der Waals surface area contributed by atoms with Crippen LogP contribution in [-0.2, 0) is 33.8 Å². The Hall–Kier alpha value is -4.33. The largest absolute Gasteiger partial charge is 0.504 e. The van der Waals surface area contributed by atoms with Crippen molar-refractivity contribution in [1.82, 2.24) is 15.2 Å². The second kappa shape index (κ2) is 12.5. The number of aliphatic hydroxyl groups excluding tert-OH is 2. The molecular weight excluding hydrogens is 536 g/mol. The molecule has 0 bridgehead atoms. The highest BCUT2D eigenvalue weighted by Crippen LogP contribution is 2.43. The number of nitrogens with two attached hydrogens (primary N) is 1. The lowest BCUT2D eigenvalue weighted by atomic mass is 9.90. The molecule has 0 aliphatic carbocycles. The van der Waals surface area contributed by atoms with Crippen LogP contribution in [0.15, 0.2) is 36.5 Å². The third-order valence-corrected chi connectivity index (χ3v) is 7.47. The lowest BCUT2D eigenvalue weighted by molar-refractivity contribution is -0.146. The number of aromatic amines is 1. The molecule has 2 amide bonds. The Bertz CT molecular complexity index is 1440. The highest BCUT2D eigenvalue weighted by molar-refractivity contribution is 5.93. The average molecular weight is 571 g/mol. The number of aliphatic hydroxyl groups is 2. The van der Waals surface area contributed by atoms with Gasteiger partial charge in [0.2, 0.25) is 17.6 Å². The molecule has 41 heavy (non-hydrogen) atoms. The van der Waals surface area contributed by atoms with Crippen molar-refractivity contribution in [3.63, 3.8) is 0 Å². The van der Waals surface area contributed by atoms with Crippen LogP contribution in [0.1, 0.15) is 23.1 Å². The Kier molecular flexibility index (Phi) is 9.01. The number of benzene rings is 2. The molecule has 0 saturated carbocycles. The van der Waals surface area contributed by atoms with E-state index >= 15 is 0 Å². The first kappa shape index (κ1) is 29.6. The van der Waals surface area contributed by atoms with E-state index in [1.807, 2.05) is 24.3 Å². The molecule has 220 valence electrons. The van der Waals surface area contributed by atoms with E-state index in [9.17, 15) is 39.9 Å². The van der Waals surface area contributed by atoms with Crippen molar-refractivity contribution in [2.45, 2.75) is 43.9 Å². The lowest BCUT2D eigenvalue weighted by Crippen LogP contribution is -2.58. The highest BCUT2D eigenvalue weighted by atomic mass is 16.5. The summed E-state index contributed by atoms with van der Waals surface area (Å²) in [5.74, 6) is -4.52. The number of carbonyl (C=O) groups excluding carboxylic acids is 2. The summed E-state index contributed by atoms with van der Waals surface area (Å²) in [5.41, 5.74) is 8.65. The predicted molar refractivity (Wildman–Crippen MR) is 146 cm³/mol. The van der Waals surface area contributed by atoms with Gasteiger partial charge in [0.05, 0.1) is 19.7 Å². The zero-order valence-electron chi connectivity index (χ0n) is 22.4. The van der Waals surface area contributed by atoms with Gasteiger partial charge in [-0.1, -0.05) is 18.2 Å². The van der Waals surface area contributed by atoms with Crippen LogP contribution < -0.4 is 15.8 Å². The summed E-state index contributed by atoms with van der Waals surface area (Å²) in [7, 11) is 1.26. The number of carbonyl (C=O) groups is 3. The monoisotopic (exact) mass is 570 g/mol. The van der Waals surface area contributed by atoms with E-state index in [1.54, 1.807) is 6.20 Å². The summed E-state index contributed by atoms with van der Waals surface area (Å²) in [4.78, 5) is 43.5. The summed E-state index contributed by atoms with van der Waals surface area (Å²) < 4.78 is 5.09. The van der Waals surface area contributed by atoms with Gasteiger partial charge in [-0.05, 0) is 36.1 Å². The number of aliphatic carboxylic acids is 1. The first-order valence-electron chi connectivity index (χ1n) is 13.1. The SMILES string of the molecule is COc1c(O)cc2c(c1O)CN(C(=O)[C@H](N)Cc1c[nH]c3ccccc13)[C@H](C(=O)N[C@@H](CC(CO)CO)C(=O)O)C2. The number of fused-ring (bicyclic) bond motifs is 2. The van der Waals surface area contributed by atoms with Gasteiger partial charge in [-0.25, -0.2) is 4.79 Å². The number of aromatic hydroxyl groups is 2. The number of carboxylic acid groups (broad SMARTS) is 1. The number of hydrogen-bond acceptors (Lipinski definition) is 9. The molecule has 0 radical (unpaired) electrons. The number of phenols is 2. The molecule has 2 heterocycles. The number of phenolic OH excluding ortho intramolecular Hbond substituents is 2. The first-order valence-corrected chi connectivity index (χ1v) is 13.1. The van der Waals surface area contributed by atoms with Gasteiger partial charge in [0.15, 0.2) is 11.5 Å². The van der Waals surface area contributed by atoms with Crippen molar-refractivity contribution >= 4 is 28.7 Å². The Morgan fingerprint density at radius 1 is 1.20 bits per heavy atom. The van der Waals surface area contributed by atoms with Gasteiger partial charge in [0, 0.05) is 48.2 Å². The van der Waals surface area contributed by atoms with Crippen LogP contribution in [0.25, 0.3) is 10.9 Å². The van der Waals surface area contributed by atoms with Crippen LogP contribution in [0, 0.1) is 5.92 Å². The Balaban J connectivity index is 1.66. The molecule has 13 nitrogen and oxygen atoms in total. The Labute approximate surface area is 235 Å². The number of aromatic nitrogens is 1. The van der Waals surface area contributed by atoms with Crippen LogP contribution in [-0.4, -0.2) is 91.6 Å². The number of ether oxygens (including phenoxy) is 1. The van der Waals surface area contributed by atoms with Gasteiger partial charge in [-0.3, -0.25) is 9.59 Å². The quantitative estimate of drug-likeness (QED) is 0.154. The van der Waals surface area contributed by atoms with Gasteiger partial charge in [0.1, 0.15) is 12.1 Å². The molecule has 1 aromatic heterocycles. The van der Waals surface area contributed by atoms with Gasteiger partial charge in [0.25, 0.3) is 0 Å². The van der Waals surface area contributed by atoms with E-state index in [4.69, 9.17) is 10.5 Å². The maximum Gasteiger partial charge on any atom is 0.326 e. The number of nitrogens with one attached hydrogen (secondary N) is 2. The van der Waals surface area contributed by atoms with Crippen LogP contribution in [0.5, 0.6) is 17.2 Å². The second-order valence-electron chi connectivity index (χ2n) is 10.1. The normalized spacial score (nSPS) is 16.3. The Morgan fingerprint density at radius 2 is 1.90 bits per heavy atom. The summed E-state index contributed by atoms with van der Waals surface area (Å²) in [6.07, 6.45) is 1.48. The summed E-state index contributed by atoms with van der Waals surface area (Å²) in [6.45, 7) is -1.23. The van der Waals surface area contributed by atoms with Gasteiger partial charge < -0.3 is 51.2 Å². The maximum atomic E-state index is 13.8. The molecule has 2 aromatic carbocycles. The molecule has 3 atom stereocenters. The molecule has 9 N–H and O–H groups in total. The van der Waals surface area contributed by atoms with Gasteiger partial charge in [-0.2, -0.15) is 0 Å². The molecule has 0 spiro atoms. The number of rotatable bonds is 11. The summed E-state index contributed by atoms with van der Waals surface area (Å²) >= 11 is 0. The van der Waals surface area contributed by atoms with E-state index in [-0.39, 0.29) is 48.6 Å². The molecule has 13 heteroatoms. The fraction of sp³-hybridized carbons (Fsp3) is 0.393.